The highest BCUT2D eigenvalue weighted by Gasteiger charge is 2.21. The lowest BCUT2D eigenvalue weighted by Crippen LogP contribution is -2.03. The van der Waals surface area contributed by atoms with E-state index in [1.165, 1.54) is 11.1 Å². The van der Waals surface area contributed by atoms with E-state index in [0.29, 0.717) is 6.10 Å². The van der Waals surface area contributed by atoms with Gasteiger partial charge >= 0.3 is 0 Å². The maximum atomic E-state index is 5.57. The van der Waals surface area contributed by atoms with Gasteiger partial charge in [-0.15, -0.1) is 0 Å². The van der Waals surface area contributed by atoms with Gasteiger partial charge in [0.05, 0.1) is 19.3 Å². The van der Waals surface area contributed by atoms with Gasteiger partial charge in [0, 0.05) is 6.61 Å². The Balaban J connectivity index is 1.68. The molecular formula is C14H18O2. The number of hydrogen-bond donors (Lipinski definition) is 0. The van der Waals surface area contributed by atoms with Crippen LogP contribution >= 0.6 is 0 Å². The molecule has 2 nitrogen and oxygen atoms in total. The maximum absolute atomic E-state index is 5.57. The molecule has 0 saturated carbocycles. The van der Waals surface area contributed by atoms with Crippen molar-refractivity contribution in [2.45, 2.75) is 18.9 Å². The number of ether oxygens (including phenoxy) is 2. The van der Waals surface area contributed by atoms with Gasteiger partial charge in [0.2, 0.25) is 0 Å². The topological polar surface area (TPSA) is 21.8 Å². The van der Waals surface area contributed by atoms with Gasteiger partial charge in [-0.2, -0.15) is 0 Å². The molecule has 1 aliphatic heterocycles. The summed E-state index contributed by atoms with van der Waals surface area (Å²) >= 11 is 0. The van der Waals surface area contributed by atoms with Gasteiger partial charge in [0.15, 0.2) is 0 Å². The Morgan fingerprint density at radius 3 is 2.94 bits per heavy atom. The van der Waals surface area contributed by atoms with Crippen molar-refractivity contribution in [2.24, 2.45) is 0 Å². The van der Waals surface area contributed by atoms with Crippen LogP contribution in [0.1, 0.15) is 17.5 Å². The Kier molecular flexibility index (Phi) is 4.14. The summed E-state index contributed by atoms with van der Waals surface area (Å²) in [6.07, 6.45) is 4.35. The largest absolute Gasteiger partial charge is 0.381 e. The fourth-order valence-electron chi connectivity index (χ4n) is 1.69. The van der Waals surface area contributed by atoms with Gasteiger partial charge in [-0.05, 0) is 24.0 Å². The second-order valence-electron chi connectivity index (χ2n) is 4.01. The third kappa shape index (κ3) is 3.47. The van der Waals surface area contributed by atoms with Crippen molar-refractivity contribution >= 4 is 6.08 Å². The molecule has 1 aromatic rings. The van der Waals surface area contributed by atoms with E-state index in [9.17, 15) is 0 Å². The molecule has 0 N–H and O–H groups in total. The van der Waals surface area contributed by atoms with Crippen LogP contribution in [0, 0.1) is 0 Å². The van der Waals surface area contributed by atoms with E-state index in [1.54, 1.807) is 0 Å². The number of benzene rings is 1. The lowest BCUT2D eigenvalue weighted by Gasteiger charge is -2.06. The second kappa shape index (κ2) is 5.83. The van der Waals surface area contributed by atoms with E-state index >= 15 is 0 Å². The zero-order chi connectivity index (χ0) is 11.2. The summed E-state index contributed by atoms with van der Waals surface area (Å²) in [6.45, 7) is 6.31. The summed E-state index contributed by atoms with van der Waals surface area (Å²) in [7, 11) is 0. The van der Waals surface area contributed by atoms with Crippen molar-refractivity contribution in [3.63, 3.8) is 0 Å². The lowest BCUT2D eigenvalue weighted by atomic mass is 10.1. The summed E-state index contributed by atoms with van der Waals surface area (Å²) < 4.78 is 10.7. The number of rotatable bonds is 7. The Bertz CT molecular complexity index is 342. The lowest BCUT2D eigenvalue weighted by molar-refractivity contribution is 0.128. The predicted octanol–water partition coefficient (Wildman–Crippen LogP) is 2.68. The van der Waals surface area contributed by atoms with E-state index in [-0.39, 0.29) is 0 Å². The quantitative estimate of drug-likeness (QED) is 0.518. The molecule has 0 aromatic heterocycles. The molecule has 0 amide bonds. The van der Waals surface area contributed by atoms with Crippen molar-refractivity contribution in [3.8, 4) is 0 Å². The zero-order valence-electron chi connectivity index (χ0n) is 9.52. The monoisotopic (exact) mass is 218 g/mol. The van der Waals surface area contributed by atoms with Gasteiger partial charge < -0.3 is 9.47 Å². The average molecular weight is 218 g/mol. The molecule has 1 fully saturated rings. The molecule has 1 atom stereocenters. The summed E-state index contributed by atoms with van der Waals surface area (Å²) in [5.74, 6) is 0. The normalized spacial score (nSPS) is 18.4. The zero-order valence-corrected chi connectivity index (χ0v) is 9.52. The average Bonchev–Trinajstić information content (AvgIpc) is 3.13. The molecule has 2 rings (SSSR count). The maximum Gasteiger partial charge on any atom is 0.0831 e. The highest BCUT2D eigenvalue weighted by atomic mass is 16.6. The van der Waals surface area contributed by atoms with Crippen LogP contribution in [0.3, 0.4) is 0 Å². The van der Waals surface area contributed by atoms with Gasteiger partial charge in [0.25, 0.3) is 0 Å². The van der Waals surface area contributed by atoms with Crippen LogP contribution in [0.25, 0.3) is 6.08 Å². The molecule has 1 heterocycles. The van der Waals surface area contributed by atoms with Crippen molar-refractivity contribution < 1.29 is 9.47 Å². The highest BCUT2D eigenvalue weighted by molar-refractivity contribution is 5.51. The third-order valence-electron chi connectivity index (χ3n) is 2.78. The van der Waals surface area contributed by atoms with Gasteiger partial charge in [0.1, 0.15) is 0 Å². The Hall–Kier alpha value is -1.12. The molecule has 2 heteroatoms. The van der Waals surface area contributed by atoms with E-state index in [4.69, 9.17) is 9.47 Å². The molecule has 0 bridgehead atoms. The predicted molar refractivity (Wildman–Crippen MR) is 65.4 cm³/mol. The molecule has 1 aromatic carbocycles. The van der Waals surface area contributed by atoms with Crippen LogP contribution in [0.5, 0.6) is 0 Å². The first kappa shape index (κ1) is 11.4. The molecular weight excluding hydrogens is 200 g/mol. The first-order valence-electron chi connectivity index (χ1n) is 5.80. The summed E-state index contributed by atoms with van der Waals surface area (Å²) in [6, 6.07) is 8.30. The summed E-state index contributed by atoms with van der Waals surface area (Å²) in [5, 5.41) is 0. The van der Waals surface area contributed by atoms with E-state index in [2.05, 4.69) is 24.8 Å². The first-order chi connectivity index (χ1) is 7.90. The SMILES string of the molecule is C=Cc1ccccc1CCOCCC1CO1. The number of epoxide rings is 1. The van der Waals surface area contributed by atoms with E-state index in [1.807, 2.05) is 12.1 Å². The second-order valence-corrected chi connectivity index (χ2v) is 4.01. The van der Waals surface area contributed by atoms with Crippen LogP contribution in [0.4, 0.5) is 0 Å². The van der Waals surface area contributed by atoms with Gasteiger partial charge in [-0.3, -0.25) is 0 Å². The van der Waals surface area contributed by atoms with Gasteiger partial charge in [-0.1, -0.05) is 36.9 Å². The van der Waals surface area contributed by atoms with Gasteiger partial charge in [-0.25, -0.2) is 0 Å². The fraction of sp³-hybridized carbons (Fsp3) is 0.429. The third-order valence-corrected chi connectivity index (χ3v) is 2.78. The fourth-order valence-corrected chi connectivity index (χ4v) is 1.69. The molecule has 1 aliphatic rings. The van der Waals surface area contributed by atoms with Crippen LogP contribution in [-0.4, -0.2) is 25.9 Å². The van der Waals surface area contributed by atoms with Crippen LogP contribution < -0.4 is 0 Å². The minimum Gasteiger partial charge on any atom is -0.381 e. The molecule has 0 spiro atoms. The Labute approximate surface area is 96.9 Å². The van der Waals surface area contributed by atoms with Crippen LogP contribution in [0.15, 0.2) is 30.8 Å². The minimum atomic E-state index is 0.473. The van der Waals surface area contributed by atoms with Crippen LogP contribution in [0.2, 0.25) is 0 Å². The Morgan fingerprint density at radius 2 is 2.19 bits per heavy atom. The van der Waals surface area contributed by atoms with Crippen molar-refractivity contribution in [1.29, 1.82) is 0 Å². The summed E-state index contributed by atoms with van der Waals surface area (Å²) in [4.78, 5) is 0. The first-order valence-corrected chi connectivity index (χ1v) is 5.80. The molecule has 86 valence electrons. The van der Waals surface area contributed by atoms with Crippen LogP contribution in [-0.2, 0) is 15.9 Å². The minimum absolute atomic E-state index is 0.473. The van der Waals surface area contributed by atoms with Crippen molar-refractivity contribution in [1.82, 2.24) is 0 Å². The smallest absolute Gasteiger partial charge is 0.0831 e. The molecule has 0 radical (unpaired) electrons. The Morgan fingerprint density at radius 1 is 1.38 bits per heavy atom. The number of hydrogen-bond acceptors (Lipinski definition) is 2. The molecule has 0 aliphatic carbocycles. The highest BCUT2D eigenvalue weighted by Crippen LogP contribution is 2.13. The molecule has 1 saturated heterocycles. The standard InChI is InChI=1S/C14H18O2/c1-2-12-5-3-4-6-13(12)7-9-15-10-8-14-11-16-14/h2-6,14H,1,7-11H2. The molecule has 1 unspecified atom stereocenters. The van der Waals surface area contributed by atoms with Crippen molar-refractivity contribution in [2.75, 3.05) is 19.8 Å². The summed E-state index contributed by atoms with van der Waals surface area (Å²) in [5.41, 5.74) is 2.51. The van der Waals surface area contributed by atoms with E-state index in [0.717, 1.165) is 32.7 Å². The van der Waals surface area contributed by atoms with E-state index < -0.39 is 0 Å². The molecule has 16 heavy (non-hydrogen) atoms. The van der Waals surface area contributed by atoms with Crippen molar-refractivity contribution in [3.05, 3.63) is 42.0 Å².